The first kappa shape index (κ1) is 23.3. The zero-order valence-corrected chi connectivity index (χ0v) is 16.8. The topological polar surface area (TPSA) is 85.2 Å². The van der Waals surface area contributed by atoms with Crippen molar-refractivity contribution in [3.63, 3.8) is 0 Å². The van der Waals surface area contributed by atoms with Crippen molar-refractivity contribution in [1.29, 1.82) is 0 Å². The maximum atomic E-state index is 13.9. The second kappa shape index (κ2) is 9.24. The molecule has 0 spiro atoms. The number of ketones is 1. The van der Waals surface area contributed by atoms with Gasteiger partial charge in [0.05, 0.1) is 18.5 Å². The van der Waals surface area contributed by atoms with Crippen LogP contribution in [0.15, 0.2) is 24.3 Å². The van der Waals surface area contributed by atoms with Crippen molar-refractivity contribution in [2.24, 2.45) is 13.0 Å². The number of carbonyl (C=O) groups is 2. The monoisotopic (exact) mass is 430 g/mol. The number of methoxy groups -OCH3 is 1. The van der Waals surface area contributed by atoms with Crippen molar-refractivity contribution in [1.82, 2.24) is 15.1 Å². The number of rotatable bonds is 8. The lowest BCUT2D eigenvalue weighted by molar-refractivity contribution is -0.143. The Balaban J connectivity index is 2.44. The summed E-state index contributed by atoms with van der Waals surface area (Å²) < 4.78 is 59.0. The maximum Gasteiger partial charge on any atom is 0.433 e. The molecule has 1 heterocycles. The molecule has 1 amide bonds. The summed E-state index contributed by atoms with van der Waals surface area (Å²) in [5.74, 6) is -4.71. The molecule has 7 nitrogen and oxygen atoms in total. The zero-order valence-electron chi connectivity index (χ0n) is 16.8. The Morgan fingerprint density at radius 2 is 1.97 bits per heavy atom. The Morgan fingerprint density at radius 1 is 1.30 bits per heavy atom. The average molecular weight is 430 g/mol. The van der Waals surface area contributed by atoms with Crippen molar-refractivity contribution < 1.29 is 31.9 Å². The summed E-state index contributed by atoms with van der Waals surface area (Å²) in [5, 5.41) is 9.08. The highest BCUT2D eigenvalue weighted by Crippen LogP contribution is 2.34. The highest BCUT2D eigenvalue weighted by atomic mass is 19.4. The van der Waals surface area contributed by atoms with Crippen LogP contribution in [0, 0.1) is 11.7 Å². The summed E-state index contributed by atoms with van der Waals surface area (Å²) >= 11 is 0. The fraction of sp³-hybridized carbons (Fsp3) is 0.421. The molecule has 11 heteroatoms. The predicted molar refractivity (Wildman–Crippen MR) is 101 cm³/mol. The van der Waals surface area contributed by atoms with Crippen LogP contribution in [-0.4, -0.2) is 42.2 Å². The van der Waals surface area contributed by atoms with Crippen molar-refractivity contribution in [3.8, 4) is 5.75 Å². The molecule has 0 radical (unpaired) electrons. The highest BCUT2D eigenvalue weighted by molar-refractivity contribution is 6.07. The third kappa shape index (κ3) is 4.96. The summed E-state index contributed by atoms with van der Waals surface area (Å²) in [6.07, 6.45) is -4.65. The molecule has 0 saturated carbocycles. The first-order valence-corrected chi connectivity index (χ1v) is 8.90. The van der Waals surface area contributed by atoms with Crippen LogP contribution < -0.4 is 15.4 Å². The minimum atomic E-state index is -4.65. The Kier molecular flexibility index (Phi) is 7.19. The number of nitrogens with zero attached hydrogens (tertiary/aromatic N) is 2. The Labute approximate surface area is 170 Å². The predicted octanol–water partition coefficient (Wildman–Crippen LogP) is 2.73. The lowest BCUT2D eigenvalue weighted by Gasteiger charge is -2.23. The number of hydrogen-bond donors (Lipinski definition) is 2. The van der Waals surface area contributed by atoms with E-state index in [2.05, 4.69) is 15.7 Å². The van der Waals surface area contributed by atoms with E-state index >= 15 is 0 Å². The number of aromatic nitrogens is 2. The SMILES string of the molecule is CNC[C@H](c1cc(C(F)(F)F)n(C)n1)[C@H](C(C)=O)C(=O)Nc1cccc(F)c1OC. The molecular formula is C19H22F4N4O3. The molecule has 1 aromatic carbocycles. The van der Waals surface area contributed by atoms with E-state index in [1.165, 1.54) is 26.3 Å². The number of Topliss-reactive ketones (excluding diaryl/α,β-unsaturated/α-hetero) is 1. The average Bonchev–Trinajstić information content (AvgIpc) is 3.03. The van der Waals surface area contributed by atoms with Crippen LogP contribution >= 0.6 is 0 Å². The van der Waals surface area contributed by atoms with Gasteiger partial charge < -0.3 is 15.4 Å². The van der Waals surface area contributed by atoms with Crippen molar-refractivity contribution in [2.45, 2.75) is 19.0 Å². The van der Waals surface area contributed by atoms with E-state index < -0.39 is 41.2 Å². The molecular weight excluding hydrogens is 408 g/mol. The third-order valence-electron chi connectivity index (χ3n) is 4.54. The van der Waals surface area contributed by atoms with Gasteiger partial charge in [0.25, 0.3) is 0 Å². The summed E-state index contributed by atoms with van der Waals surface area (Å²) in [6.45, 7) is 1.16. The van der Waals surface area contributed by atoms with Gasteiger partial charge in [0, 0.05) is 19.5 Å². The number of nitrogens with one attached hydrogen (secondary N) is 2. The summed E-state index contributed by atoms with van der Waals surface area (Å²) in [6, 6.07) is 4.67. The number of likely N-dealkylation sites (N-methyl/N-ethyl adjacent to an activating group) is 1. The van der Waals surface area contributed by atoms with Crippen LogP contribution in [-0.2, 0) is 22.8 Å². The molecule has 0 saturated heterocycles. The van der Waals surface area contributed by atoms with Gasteiger partial charge in [0.2, 0.25) is 5.91 Å². The standard InChI is InChI=1S/C19H22F4N4O3/c1-10(28)16(18(29)25-13-7-5-6-12(20)17(13)30-4)11(9-24-2)14-8-15(19(21,22)23)27(3)26-14/h5-8,11,16,24H,9H2,1-4H3,(H,25,29)/t11-,16+/m1/s1. The van der Waals surface area contributed by atoms with Gasteiger partial charge in [-0.2, -0.15) is 18.3 Å². The van der Waals surface area contributed by atoms with Gasteiger partial charge >= 0.3 is 6.18 Å². The third-order valence-corrected chi connectivity index (χ3v) is 4.54. The maximum absolute atomic E-state index is 13.9. The number of ether oxygens (including phenoxy) is 1. The second-order valence-corrected chi connectivity index (χ2v) is 6.64. The van der Waals surface area contributed by atoms with Crippen molar-refractivity contribution in [3.05, 3.63) is 41.5 Å². The zero-order chi connectivity index (χ0) is 22.6. The van der Waals surface area contributed by atoms with Gasteiger partial charge in [-0.15, -0.1) is 0 Å². The van der Waals surface area contributed by atoms with Crippen molar-refractivity contribution >= 4 is 17.4 Å². The molecule has 2 N–H and O–H groups in total. The Morgan fingerprint density at radius 3 is 2.47 bits per heavy atom. The number of amides is 1. The molecule has 2 rings (SSSR count). The van der Waals surface area contributed by atoms with Crippen LogP contribution in [0.1, 0.15) is 24.2 Å². The van der Waals surface area contributed by atoms with E-state index in [0.29, 0.717) is 4.68 Å². The molecule has 1 aromatic heterocycles. The van der Waals surface area contributed by atoms with Gasteiger partial charge in [0.15, 0.2) is 11.6 Å². The van der Waals surface area contributed by atoms with E-state index in [1.54, 1.807) is 0 Å². The number of halogens is 4. The minimum Gasteiger partial charge on any atom is -0.492 e. The highest BCUT2D eigenvalue weighted by Gasteiger charge is 2.39. The summed E-state index contributed by atoms with van der Waals surface area (Å²) in [5.41, 5.74) is -1.08. The molecule has 0 aliphatic heterocycles. The number of para-hydroxylation sites is 1. The van der Waals surface area contributed by atoms with Gasteiger partial charge in [-0.05, 0) is 32.2 Å². The normalized spacial score (nSPS) is 13.6. The number of anilines is 1. The van der Waals surface area contributed by atoms with E-state index in [4.69, 9.17) is 4.74 Å². The van der Waals surface area contributed by atoms with Crippen molar-refractivity contribution in [2.75, 3.05) is 26.0 Å². The number of hydrogen-bond acceptors (Lipinski definition) is 5. The summed E-state index contributed by atoms with van der Waals surface area (Å²) in [4.78, 5) is 25.2. The molecule has 2 atom stereocenters. The van der Waals surface area contributed by atoms with Gasteiger partial charge in [-0.25, -0.2) is 4.39 Å². The quantitative estimate of drug-likeness (QED) is 0.497. The number of aryl methyl sites for hydroxylation is 1. The van der Waals surface area contributed by atoms with Crippen LogP contribution in [0.5, 0.6) is 5.75 Å². The molecule has 164 valence electrons. The fourth-order valence-electron chi connectivity index (χ4n) is 3.22. The summed E-state index contributed by atoms with van der Waals surface area (Å²) in [7, 11) is 3.88. The molecule has 0 aliphatic carbocycles. The van der Waals surface area contributed by atoms with Crippen LogP contribution in [0.4, 0.5) is 23.2 Å². The number of alkyl halides is 3. The van der Waals surface area contributed by atoms with Crippen LogP contribution in [0.2, 0.25) is 0 Å². The Bertz CT molecular complexity index is 927. The van der Waals surface area contributed by atoms with Crippen LogP contribution in [0.25, 0.3) is 0 Å². The molecule has 0 aliphatic rings. The molecule has 2 aromatic rings. The molecule has 0 fully saturated rings. The van der Waals surface area contributed by atoms with Crippen LogP contribution in [0.3, 0.4) is 0 Å². The lowest BCUT2D eigenvalue weighted by atomic mass is 9.85. The largest absolute Gasteiger partial charge is 0.492 e. The first-order chi connectivity index (χ1) is 14.0. The Hall–Kier alpha value is -2.95. The second-order valence-electron chi connectivity index (χ2n) is 6.64. The van der Waals surface area contributed by atoms with E-state index in [1.807, 2.05) is 0 Å². The van der Waals surface area contributed by atoms with E-state index in [0.717, 1.165) is 26.1 Å². The fourth-order valence-corrected chi connectivity index (χ4v) is 3.22. The van der Waals surface area contributed by atoms with E-state index in [9.17, 15) is 27.2 Å². The number of benzene rings is 1. The lowest BCUT2D eigenvalue weighted by Crippen LogP contribution is -2.37. The van der Waals surface area contributed by atoms with Gasteiger partial charge in [0.1, 0.15) is 17.4 Å². The molecule has 30 heavy (non-hydrogen) atoms. The minimum absolute atomic E-state index is 0.00559. The first-order valence-electron chi connectivity index (χ1n) is 8.90. The molecule has 0 unspecified atom stereocenters. The smallest absolute Gasteiger partial charge is 0.433 e. The van der Waals surface area contributed by atoms with E-state index in [-0.39, 0.29) is 23.7 Å². The number of carbonyl (C=O) groups excluding carboxylic acids is 2. The van der Waals surface area contributed by atoms with Gasteiger partial charge in [-0.1, -0.05) is 6.07 Å². The van der Waals surface area contributed by atoms with Gasteiger partial charge in [-0.3, -0.25) is 14.3 Å². The molecule has 0 bridgehead atoms.